The van der Waals surface area contributed by atoms with Crippen molar-refractivity contribution in [1.82, 2.24) is 10.2 Å². The Bertz CT molecular complexity index is 484. The van der Waals surface area contributed by atoms with Gasteiger partial charge in [-0.05, 0) is 31.9 Å². The summed E-state index contributed by atoms with van der Waals surface area (Å²) in [5, 5.41) is 11.8. The van der Waals surface area contributed by atoms with Crippen LogP contribution < -0.4 is 5.32 Å². The van der Waals surface area contributed by atoms with Gasteiger partial charge in [-0.3, -0.25) is 9.59 Å². The van der Waals surface area contributed by atoms with Crippen LogP contribution in [0.2, 0.25) is 0 Å². The molecule has 0 radical (unpaired) electrons. The number of aliphatic hydroxyl groups excluding tert-OH is 1. The fourth-order valence-electron chi connectivity index (χ4n) is 2.42. The molecular formula is C15H20N2O3. The number of rotatable bonds is 4. The summed E-state index contributed by atoms with van der Waals surface area (Å²) < 4.78 is 0. The average Bonchev–Trinajstić information content (AvgIpc) is 2.93. The van der Waals surface area contributed by atoms with E-state index in [1.54, 1.807) is 17.0 Å². The monoisotopic (exact) mass is 276 g/mol. The molecule has 0 bridgehead atoms. The van der Waals surface area contributed by atoms with Gasteiger partial charge in [0.2, 0.25) is 5.91 Å². The zero-order chi connectivity index (χ0) is 14.5. The molecule has 0 unspecified atom stereocenters. The number of nitrogens with one attached hydrogen (secondary N) is 1. The van der Waals surface area contributed by atoms with E-state index in [0.29, 0.717) is 12.1 Å². The van der Waals surface area contributed by atoms with Crippen LogP contribution >= 0.6 is 0 Å². The highest BCUT2D eigenvalue weighted by Gasteiger charge is 2.27. The number of likely N-dealkylation sites (tertiary alicyclic amines) is 1. The summed E-state index contributed by atoms with van der Waals surface area (Å²) in [5.74, 6) is -0.389. The molecule has 1 aromatic rings. The minimum absolute atomic E-state index is 0.0162. The quantitative estimate of drug-likeness (QED) is 0.851. The standard InChI is InChI=1S/C15H20N2O3/c1-11-4-6-12(7-5-11)15(20)16-9-14(19)17-8-2-3-13(17)10-18/h4-7,13,18H,2-3,8-10H2,1H3,(H,16,20)/t13-/m0/s1. The SMILES string of the molecule is Cc1ccc(C(=O)NCC(=O)N2CCC[C@H]2CO)cc1. The summed E-state index contributed by atoms with van der Waals surface area (Å²) in [6, 6.07) is 7.10. The second-order valence-corrected chi connectivity index (χ2v) is 5.11. The zero-order valence-electron chi connectivity index (χ0n) is 11.6. The molecule has 1 heterocycles. The van der Waals surface area contributed by atoms with E-state index in [-0.39, 0.29) is 31.0 Å². The minimum atomic E-state index is -0.252. The third kappa shape index (κ3) is 3.36. The lowest BCUT2D eigenvalue weighted by molar-refractivity contribution is -0.131. The van der Waals surface area contributed by atoms with E-state index < -0.39 is 0 Å². The fraction of sp³-hybridized carbons (Fsp3) is 0.467. The number of aryl methyl sites for hydroxylation is 1. The van der Waals surface area contributed by atoms with E-state index in [0.717, 1.165) is 18.4 Å². The van der Waals surface area contributed by atoms with Crippen LogP contribution in [0.4, 0.5) is 0 Å². The molecule has 5 heteroatoms. The van der Waals surface area contributed by atoms with Gasteiger partial charge in [-0.2, -0.15) is 0 Å². The molecule has 1 fully saturated rings. The molecule has 0 spiro atoms. The molecule has 2 rings (SSSR count). The van der Waals surface area contributed by atoms with E-state index in [1.807, 2.05) is 19.1 Å². The Morgan fingerprint density at radius 2 is 2.05 bits per heavy atom. The number of carbonyl (C=O) groups is 2. The predicted molar refractivity (Wildman–Crippen MR) is 75.3 cm³/mol. The minimum Gasteiger partial charge on any atom is -0.394 e. The van der Waals surface area contributed by atoms with E-state index in [9.17, 15) is 14.7 Å². The Morgan fingerprint density at radius 3 is 2.70 bits per heavy atom. The molecule has 2 N–H and O–H groups in total. The highest BCUT2D eigenvalue weighted by Crippen LogP contribution is 2.16. The number of amides is 2. The number of nitrogens with zero attached hydrogens (tertiary/aromatic N) is 1. The van der Waals surface area contributed by atoms with Crippen LogP contribution in [0.15, 0.2) is 24.3 Å². The fourth-order valence-corrected chi connectivity index (χ4v) is 2.42. The summed E-state index contributed by atoms with van der Waals surface area (Å²) in [5.41, 5.74) is 1.63. The van der Waals surface area contributed by atoms with Crippen LogP contribution in [0, 0.1) is 6.92 Å². The van der Waals surface area contributed by atoms with E-state index >= 15 is 0 Å². The predicted octanol–water partition coefficient (Wildman–Crippen LogP) is 0.708. The zero-order valence-corrected chi connectivity index (χ0v) is 11.6. The van der Waals surface area contributed by atoms with Crippen molar-refractivity contribution < 1.29 is 14.7 Å². The highest BCUT2D eigenvalue weighted by atomic mass is 16.3. The van der Waals surface area contributed by atoms with E-state index in [4.69, 9.17) is 0 Å². The topological polar surface area (TPSA) is 69.6 Å². The molecule has 1 saturated heterocycles. The van der Waals surface area contributed by atoms with Gasteiger partial charge in [-0.1, -0.05) is 17.7 Å². The number of hydrogen-bond acceptors (Lipinski definition) is 3. The van der Waals surface area contributed by atoms with Crippen molar-refractivity contribution in [1.29, 1.82) is 0 Å². The van der Waals surface area contributed by atoms with Gasteiger partial charge in [0, 0.05) is 12.1 Å². The highest BCUT2D eigenvalue weighted by molar-refractivity contribution is 5.96. The number of aliphatic hydroxyl groups is 1. The molecular weight excluding hydrogens is 256 g/mol. The smallest absolute Gasteiger partial charge is 0.251 e. The lowest BCUT2D eigenvalue weighted by Crippen LogP contribution is -2.43. The number of hydrogen-bond donors (Lipinski definition) is 2. The molecule has 20 heavy (non-hydrogen) atoms. The molecule has 0 aromatic heterocycles. The van der Waals surface area contributed by atoms with Gasteiger partial charge in [-0.15, -0.1) is 0 Å². The van der Waals surface area contributed by atoms with Crippen molar-refractivity contribution in [3.63, 3.8) is 0 Å². The van der Waals surface area contributed by atoms with E-state index in [1.165, 1.54) is 0 Å². The second-order valence-electron chi connectivity index (χ2n) is 5.11. The van der Waals surface area contributed by atoms with Crippen molar-refractivity contribution in [2.75, 3.05) is 19.7 Å². The average molecular weight is 276 g/mol. The molecule has 1 aliphatic heterocycles. The molecule has 108 valence electrons. The van der Waals surface area contributed by atoms with Crippen LogP contribution in [0.3, 0.4) is 0 Å². The maximum atomic E-state index is 12.0. The summed E-state index contributed by atoms with van der Waals surface area (Å²) in [6.07, 6.45) is 1.73. The van der Waals surface area contributed by atoms with Crippen LogP contribution in [-0.4, -0.2) is 47.6 Å². The first kappa shape index (κ1) is 14.5. The number of benzene rings is 1. The van der Waals surface area contributed by atoms with Gasteiger partial charge in [0.25, 0.3) is 5.91 Å². The van der Waals surface area contributed by atoms with E-state index in [2.05, 4.69) is 5.32 Å². The van der Waals surface area contributed by atoms with Crippen LogP contribution in [0.25, 0.3) is 0 Å². The van der Waals surface area contributed by atoms with Crippen LogP contribution in [0.5, 0.6) is 0 Å². The van der Waals surface area contributed by atoms with Gasteiger partial charge < -0.3 is 15.3 Å². The second kappa shape index (κ2) is 6.52. The Morgan fingerprint density at radius 1 is 1.35 bits per heavy atom. The molecule has 0 saturated carbocycles. The van der Waals surface area contributed by atoms with Gasteiger partial charge in [0.05, 0.1) is 19.2 Å². The van der Waals surface area contributed by atoms with Crippen molar-refractivity contribution in [3.05, 3.63) is 35.4 Å². The largest absolute Gasteiger partial charge is 0.394 e. The van der Waals surface area contributed by atoms with Gasteiger partial charge in [-0.25, -0.2) is 0 Å². The Hall–Kier alpha value is -1.88. The summed E-state index contributed by atoms with van der Waals surface area (Å²) in [6.45, 7) is 2.57. The first-order valence-corrected chi connectivity index (χ1v) is 6.87. The Balaban J connectivity index is 1.87. The lowest BCUT2D eigenvalue weighted by atomic mass is 10.1. The van der Waals surface area contributed by atoms with Crippen molar-refractivity contribution >= 4 is 11.8 Å². The van der Waals surface area contributed by atoms with Crippen molar-refractivity contribution in [2.45, 2.75) is 25.8 Å². The van der Waals surface area contributed by atoms with Gasteiger partial charge >= 0.3 is 0 Å². The third-order valence-electron chi connectivity index (χ3n) is 3.62. The molecule has 1 atom stereocenters. The normalized spacial score (nSPS) is 18.1. The maximum absolute atomic E-state index is 12.0. The first-order chi connectivity index (χ1) is 9.61. The molecule has 1 aliphatic rings. The van der Waals surface area contributed by atoms with Crippen molar-refractivity contribution in [3.8, 4) is 0 Å². The van der Waals surface area contributed by atoms with Crippen LogP contribution in [0.1, 0.15) is 28.8 Å². The van der Waals surface area contributed by atoms with Gasteiger partial charge in [0.15, 0.2) is 0 Å². The van der Waals surface area contributed by atoms with Crippen LogP contribution in [-0.2, 0) is 4.79 Å². The Labute approximate surface area is 118 Å². The van der Waals surface area contributed by atoms with Gasteiger partial charge in [0.1, 0.15) is 0 Å². The Kier molecular flexibility index (Phi) is 4.74. The summed E-state index contributed by atoms with van der Waals surface area (Å²) in [4.78, 5) is 25.5. The molecule has 5 nitrogen and oxygen atoms in total. The molecule has 0 aliphatic carbocycles. The first-order valence-electron chi connectivity index (χ1n) is 6.87. The third-order valence-corrected chi connectivity index (χ3v) is 3.62. The lowest BCUT2D eigenvalue weighted by Gasteiger charge is -2.23. The van der Waals surface area contributed by atoms with Crippen molar-refractivity contribution in [2.24, 2.45) is 0 Å². The number of carbonyl (C=O) groups excluding carboxylic acids is 2. The summed E-state index contributed by atoms with van der Waals surface area (Å²) >= 11 is 0. The molecule has 2 amide bonds. The summed E-state index contributed by atoms with van der Waals surface area (Å²) in [7, 11) is 0. The maximum Gasteiger partial charge on any atom is 0.251 e. The molecule has 1 aromatic carbocycles.